The summed E-state index contributed by atoms with van der Waals surface area (Å²) in [5, 5.41) is 0. The largest absolute Gasteiger partial charge is 0.448 e. The third-order valence-corrected chi connectivity index (χ3v) is 4.70. The Morgan fingerprint density at radius 1 is 1.23 bits per heavy atom. The third kappa shape index (κ3) is 3.14. The number of para-hydroxylation sites is 1. The van der Waals surface area contributed by atoms with E-state index in [2.05, 4.69) is 0 Å². The maximum atomic E-state index is 12.9. The predicted octanol–water partition coefficient (Wildman–Crippen LogP) is 2.75. The number of aromatic nitrogens is 1. The summed E-state index contributed by atoms with van der Waals surface area (Å²) in [5.74, 6) is -1.01. The molecule has 0 N–H and O–H groups in total. The molecular weight excluding hydrogens is 332 g/mol. The minimum Gasteiger partial charge on any atom is -0.448 e. The Bertz CT molecular complexity index is 884. The number of benzene rings is 1. The van der Waals surface area contributed by atoms with Crippen LogP contribution in [-0.2, 0) is 23.0 Å². The lowest BCUT2D eigenvalue weighted by Crippen LogP contribution is -2.43. The summed E-state index contributed by atoms with van der Waals surface area (Å²) in [6.45, 7) is 4.98. The lowest BCUT2D eigenvalue weighted by Gasteiger charge is -2.25. The Labute approximate surface area is 152 Å². The molecule has 2 aromatic rings. The van der Waals surface area contributed by atoms with Gasteiger partial charge in [0.2, 0.25) is 0 Å². The smallest absolute Gasteiger partial charge is 0.355 e. The van der Waals surface area contributed by atoms with Crippen LogP contribution in [0, 0.1) is 0 Å². The molecule has 6 nitrogen and oxygen atoms in total. The molecule has 1 aromatic carbocycles. The van der Waals surface area contributed by atoms with Gasteiger partial charge in [-0.2, -0.15) is 0 Å². The number of anilines is 1. The maximum Gasteiger partial charge on any atom is 0.355 e. The SMILES string of the molecule is CC(=O)c1cc(C(=O)O[C@H](C)C(=O)N2c3ccccc3C[C@@H]2C)n(C)c1. The van der Waals surface area contributed by atoms with Crippen molar-refractivity contribution >= 4 is 23.3 Å². The number of carbonyl (C=O) groups excluding carboxylic acids is 3. The summed E-state index contributed by atoms with van der Waals surface area (Å²) in [5.41, 5.74) is 2.65. The summed E-state index contributed by atoms with van der Waals surface area (Å²) in [7, 11) is 1.66. The Hall–Kier alpha value is -2.89. The average Bonchev–Trinajstić information content (AvgIpc) is 3.13. The van der Waals surface area contributed by atoms with E-state index in [1.54, 1.807) is 25.1 Å². The first kappa shape index (κ1) is 17.9. The van der Waals surface area contributed by atoms with Crippen molar-refractivity contribution in [2.24, 2.45) is 7.05 Å². The highest BCUT2D eigenvalue weighted by molar-refractivity contribution is 6.01. The molecule has 2 heterocycles. The van der Waals surface area contributed by atoms with Gasteiger partial charge in [0.05, 0.1) is 0 Å². The summed E-state index contributed by atoms with van der Waals surface area (Å²) in [6.07, 6.45) is 1.43. The fourth-order valence-corrected chi connectivity index (χ4v) is 3.33. The van der Waals surface area contributed by atoms with Crippen LogP contribution in [-0.4, -0.2) is 34.4 Å². The van der Waals surface area contributed by atoms with E-state index in [4.69, 9.17) is 4.74 Å². The summed E-state index contributed by atoms with van der Waals surface area (Å²) >= 11 is 0. The molecule has 0 unspecified atom stereocenters. The molecule has 6 heteroatoms. The van der Waals surface area contributed by atoms with Gasteiger partial charge in [0.1, 0.15) is 5.69 Å². The topological polar surface area (TPSA) is 68.6 Å². The molecule has 1 aliphatic heterocycles. The van der Waals surface area contributed by atoms with Crippen LogP contribution in [0.3, 0.4) is 0 Å². The van der Waals surface area contributed by atoms with Crippen molar-refractivity contribution in [1.82, 2.24) is 4.57 Å². The van der Waals surface area contributed by atoms with Gasteiger partial charge in [-0.15, -0.1) is 0 Å². The molecule has 1 aliphatic rings. The van der Waals surface area contributed by atoms with Gasteiger partial charge < -0.3 is 14.2 Å². The zero-order valence-electron chi connectivity index (χ0n) is 15.4. The van der Waals surface area contributed by atoms with Crippen LogP contribution in [0.15, 0.2) is 36.5 Å². The van der Waals surface area contributed by atoms with Crippen molar-refractivity contribution in [2.45, 2.75) is 39.3 Å². The van der Waals surface area contributed by atoms with E-state index in [9.17, 15) is 14.4 Å². The minimum atomic E-state index is -0.924. The second-order valence-electron chi connectivity index (χ2n) is 6.72. The lowest BCUT2D eigenvalue weighted by atomic mass is 10.1. The van der Waals surface area contributed by atoms with E-state index in [0.29, 0.717) is 5.56 Å². The molecule has 136 valence electrons. The second-order valence-corrected chi connectivity index (χ2v) is 6.72. The first-order chi connectivity index (χ1) is 12.3. The highest BCUT2D eigenvalue weighted by Crippen LogP contribution is 2.32. The van der Waals surface area contributed by atoms with Crippen LogP contribution in [0.1, 0.15) is 47.2 Å². The van der Waals surface area contributed by atoms with Gasteiger partial charge in [0.15, 0.2) is 11.9 Å². The van der Waals surface area contributed by atoms with E-state index in [1.165, 1.54) is 17.6 Å². The van der Waals surface area contributed by atoms with Gasteiger partial charge in [0.25, 0.3) is 5.91 Å². The van der Waals surface area contributed by atoms with Gasteiger partial charge in [-0.1, -0.05) is 18.2 Å². The molecule has 0 aliphatic carbocycles. The highest BCUT2D eigenvalue weighted by Gasteiger charge is 2.34. The molecule has 0 spiro atoms. The Morgan fingerprint density at radius 2 is 1.92 bits per heavy atom. The van der Waals surface area contributed by atoms with Gasteiger partial charge in [-0.25, -0.2) is 4.79 Å². The Kier molecular flexibility index (Phi) is 4.68. The molecule has 1 amide bonds. The number of fused-ring (bicyclic) bond motifs is 1. The molecule has 3 rings (SSSR count). The van der Waals surface area contributed by atoms with Crippen LogP contribution < -0.4 is 4.90 Å². The zero-order valence-corrected chi connectivity index (χ0v) is 15.4. The average molecular weight is 354 g/mol. The van der Waals surface area contributed by atoms with Crippen molar-refractivity contribution in [1.29, 1.82) is 0 Å². The van der Waals surface area contributed by atoms with Gasteiger partial charge in [-0.3, -0.25) is 9.59 Å². The van der Waals surface area contributed by atoms with E-state index in [0.717, 1.165) is 17.7 Å². The van der Waals surface area contributed by atoms with Crippen LogP contribution >= 0.6 is 0 Å². The maximum absolute atomic E-state index is 12.9. The highest BCUT2D eigenvalue weighted by atomic mass is 16.5. The number of carbonyl (C=O) groups is 3. The number of hydrogen-bond donors (Lipinski definition) is 0. The van der Waals surface area contributed by atoms with E-state index < -0.39 is 12.1 Å². The van der Waals surface area contributed by atoms with E-state index >= 15 is 0 Å². The lowest BCUT2D eigenvalue weighted by molar-refractivity contribution is -0.126. The molecule has 0 radical (unpaired) electrons. The number of ketones is 1. The molecule has 1 aromatic heterocycles. The van der Waals surface area contributed by atoms with Crippen LogP contribution in [0.5, 0.6) is 0 Å². The second kappa shape index (κ2) is 6.78. The summed E-state index contributed by atoms with van der Waals surface area (Å²) < 4.78 is 6.92. The van der Waals surface area contributed by atoms with Gasteiger partial charge in [0, 0.05) is 30.5 Å². The van der Waals surface area contributed by atoms with Gasteiger partial charge in [-0.05, 0) is 44.9 Å². The van der Waals surface area contributed by atoms with E-state index in [-0.39, 0.29) is 23.4 Å². The molecule has 0 bridgehead atoms. The molecule has 2 atom stereocenters. The number of esters is 1. The Morgan fingerprint density at radius 3 is 2.58 bits per heavy atom. The molecule has 0 saturated carbocycles. The normalized spacial score (nSPS) is 16.9. The predicted molar refractivity (Wildman–Crippen MR) is 97.4 cm³/mol. The van der Waals surface area contributed by atoms with Crippen LogP contribution in [0.25, 0.3) is 0 Å². The summed E-state index contributed by atoms with van der Waals surface area (Å²) in [4.78, 5) is 38.5. The quantitative estimate of drug-likeness (QED) is 0.625. The third-order valence-electron chi connectivity index (χ3n) is 4.70. The monoisotopic (exact) mass is 354 g/mol. The number of ether oxygens (including phenoxy) is 1. The first-order valence-corrected chi connectivity index (χ1v) is 8.59. The van der Waals surface area contributed by atoms with Crippen molar-refractivity contribution in [3.63, 3.8) is 0 Å². The number of rotatable bonds is 4. The zero-order chi connectivity index (χ0) is 19.0. The Balaban J connectivity index is 1.76. The fourth-order valence-electron chi connectivity index (χ4n) is 3.33. The van der Waals surface area contributed by atoms with Crippen molar-refractivity contribution < 1.29 is 19.1 Å². The minimum absolute atomic E-state index is 0.0143. The first-order valence-electron chi connectivity index (χ1n) is 8.59. The number of nitrogens with zero attached hydrogens (tertiary/aromatic N) is 2. The number of amides is 1. The van der Waals surface area contributed by atoms with Crippen LogP contribution in [0.2, 0.25) is 0 Å². The molecule has 26 heavy (non-hydrogen) atoms. The molecule has 0 fully saturated rings. The fraction of sp³-hybridized carbons (Fsp3) is 0.350. The standard InChI is InChI=1S/C20H22N2O4/c1-12-9-15-7-5-6-8-17(15)22(12)19(24)14(3)26-20(25)18-10-16(13(2)23)11-21(18)4/h5-8,10-12,14H,9H2,1-4H3/t12-,14+/m0/s1. The molecule has 0 saturated heterocycles. The van der Waals surface area contributed by atoms with E-state index in [1.807, 2.05) is 31.2 Å². The van der Waals surface area contributed by atoms with Crippen molar-refractivity contribution in [2.75, 3.05) is 4.90 Å². The van der Waals surface area contributed by atoms with Crippen molar-refractivity contribution in [3.8, 4) is 0 Å². The van der Waals surface area contributed by atoms with Gasteiger partial charge >= 0.3 is 5.97 Å². The summed E-state index contributed by atoms with van der Waals surface area (Å²) in [6, 6.07) is 9.24. The molecular formula is C20H22N2O4. The number of hydrogen-bond acceptors (Lipinski definition) is 4. The number of Topliss-reactive ketones (excluding diaryl/α,β-unsaturated/α-hetero) is 1. The number of aryl methyl sites for hydroxylation is 1. The van der Waals surface area contributed by atoms with Crippen LogP contribution in [0.4, 0.5) is 5.69 Å². The van der Waals surface area contributed by atoms with Crippen molar-refractivity contribution in [3.05, 3.63) is 53.3 Å².